The van der Waals surface area contributed by atoms with Crippen LogP contribution in [0, 0.1) is 0 Å². The molecule has 0 nitrogen and oxygen atoms in total. The zero-order valence-electron chi connectivity index (χ0n) is 12.5. The third-order valence-electron chi connectivity index (χ3n) is 3.14. The lowest BCUT2D eigenvalue weighted by molar-refractivity contribution is -0.0207. The second-order valence-electron chi connectivity index (χ2n) is 5.27. The SMILES string of the molecule is CCCSCCCCCC(F)(F)CCCCCC(F)F. The molecule has 0 aliphatic heterocycles. The summed E-state index contributed by atoms with van der Waals surface area (Å²) in [5, 5.41) is 0. The van der Waals surface area contributed by atoms with Crippen molar-refractivity contribution in [3.8, 4) is 0 Å². The predicted molar refractivity (Wildman–Crippen MR) is 80.1 cm³/mol. The van der Waals surface area contributed by atoms with Gasteiger partial charge in [-0.15, -0.1) is 0 Å². The van der Waals surface area contributed by atoms with Crippen molar-refractivity contribution in [1.29, 1.82) is 0 Å². The normalized spacial score (nSPS) is 12.3. The van der Waals surface area contributed by atoms with Crippen LogP contribution in [-0.4, -0.2) is 23.9 Å². The van der Waals surface area contributed by atoms with E-state index in [1.807, 2.05) is 11.8 Å². The molecule has 0 heterocycles. The van der Waals surface area contributed by atoms with Gasteiger partial charge in [-0.3, -0.25) is 0 Å². The van der Waals surface area contributed by atoms with Crippen LogP contribution < -0.4 is 0 Å². The van der Waals surface area contributed by atoms with Gasteiger partial charge in [0.1, 0.15) is 0 Å². The summed E-state index contributed by atoms with van der Waals surface area (Å²) in [5.74, 6) is -0.400. The molecule has 0 amide bonds. The Balaban J connectivity index is 3.40. The van der Waals surface area contributed by atoms with E-state index in [-0.39, 0.29) is 19.3 Å². The van der Waals surface area contributed by atoms with Crippen molar-refractivity contribution in [2.24, 2.45) is 0 Å². The Kier molecular flexibility index (Phi) is 12.8. The van der Waals surface area contributed by atoms with Crippen LogP contribution in [0.2, 0.25) is 0 Å². The molecule has 0 spiro atoms. The van der Waals surface area contributed by atoms with Crippen molar-refractivity contribution in [2.45, 2.75) is 83.5 Å². The molecular weight excluding hydrogens is 288 g/mol. The fourth-order valence-electron chi connectivity index (χ4n) is 1.99. The van der Waals surface area contributed by atoms with E-state index in [2.05, 4.69) is 6.92 Å². The molecule has 0 aromatic heterocycles. The van der Waals surface area contributed by atoms with Crippen LogP contribution in [0.5, 0.6) is 0 Å². The fraction of sp³-hybridized carbons (Fsp3) is 1.00. The van der Waals surface area contributed by atoms with Gasteiger partial charge in [0.25, 0.3) is 0 Å². The number of rotatable bonds is 14. The fourth-order valence-corrected chi connectivity index (χ4v) is 2.90. The van der Waals surface area contributed by atoms with Gasteiger partial charge >= 0.3 is 0 Å². The topological polar surface area (TPSA) is 0 Å². The Bertz CT molecular complexity index is 210. The molecule has 5 heteroatoms. The molecule has 0 aliphatic carbocycles. The highest BCUT2D eigenvalue weighted by Crippen LogP contribution is 2.28. The molecule has 0 radical (unpaired) electrons. The second kappa shape index (κ2) is 12.8. The zero-order valence-corrected chi connectivity index (χ0v) is 13.3. The molecule has 20 heavy (non-hydrogen) atoms. The number of unbranched alkanes of at least 4 members (excludes halogenated alkanes) is 4. The summed E-state index contributed by atoms with van der Waals surface area (Å²) in [6, 6.07) is 0. The van der Waals surface area contributed by atoms with Crippen molar-refractivity contribution in [3.63, 3.8) is 0 Å². The van der Waals surface area contributed by atoms with Crippen LogP contribution in [0.1, 0.15) is 71.1 Å². The quantitative estimate of drug-likeness (QED) is 0.259. The van der Waals surface area contributed by atoms with Gasteiger partial charge in [-0.2, -0.15) is 11.8 Å². The van der Waals surface area contributed by atoms with Gasteiger partial charge in [0, 0.05) is 19.3 Å². The van der Waals surface area contributed by atoms with Gasteiger partial charge in [-0.05, 0) is 43.6 Å². The highest BCUT2D eigenvalue weighted by Gasteiger charge is 2.27. The summed E-state index contributed by atoms with van der Waals surface area (Å²) < 4.78 is 50.7. The number of hydrogen-bond donors (Lipinski definition) is 0. The van der Waals surface area contributed by atoms with Crippen molar-refractivity contribution >= 4 is 11.8 Å². The van der Waals surface area contributed by atoms with Crippen molar-refractivity contribution in [2.75, 3.05) is 11.5 Å². The Morgan fingerprint density at radius 1 is 0.850 bits per heavy atom. The molecule has 0 saturated carbocycles. The van der Waals surface area contributed by atoms with E-state index in [0.717, 1.165) is 30.8 Å². The molecule has 0 rings (SSSR count). The lowest BCUT2D eigenvalue weighted by atomic mass is 10.0. The first-order chi connectivity index (χ1) is 9.48. The van der Waals surface area contributed by atoms with Crippen LogP contribution in [0.4, 0.5) is 17.6 Å². The maximum Gasteiger partial charge on any atom is 0.248 e. The first-order valence-corrected chi connectivity index (χ1v) is 8.87. The van der Waals surface area contributed by atoms with Crippen LogP contribution in [0.3, 0.4) is 0 Å². The minimum absolute atomic E-state index is 0.0553. The molecule has 0 atom stereocenters. The molecule has 0 aromatic rings. The van der Waals surface area contributed by atoms with Gasteiger partial charge < -0.3 is 0 Å². The smallest absolute Gasteiger partial charge is 0.211 e. The van der Waals surface area contributed by atoms with E-state index in [4.69, 9.17) is 0 Å². The van der Waals surface area contributed by atoms with Crippen LogP contribution in [0.25, 0.3) is 0 Å². The standard InChI is InChI=1S/C15H28F4S/c1-2-12-20-13-8-4-7-11-15(18,19)10-6-3-5-9-14(16)17/h14H,2-13H2,1H3. The molecule has 122 valence electrons. The van der Waals surface area contributed by atoms with E-state index >= 15 is 0 Å². The third-order valence-corrected chi connectivity index (χ3v) is 4.42. The first kappa shape index (κ1) is 20.1. The molecule has 0 aromatic carbocycles. The monoisotopic (exact) mass is 316 g/mol. The number of halogens is 4. The number of thioether (sulfide) groups is 1. The van der Waals surface area contributed by atoms with Crippen LogP contribution >= 0.6 is 11.8 Å². The van der Waals surface area contributed by atoms with E-state index in [0.29, 0.717) is 25.7 Å². The maximum atomic E-state index is 13.5. The van der Waals surface area contributed by atoms with Gasteiger partial charge in [-0.1, -0.05) is 19.8 Å². The summed E-state index contributed by atoms with van der Waals surface area (Å²) >= 11 is 1.88. The summed E-state index contributed by atoms with van der Waals surface area (Å²) in [5.41, 5.74) is 0. The summed E-state index contributed by atoms with van der Waals surface area (Å²) in [4.78, 5) is 0. The van der Waals surface area contributed by atoms with Crippen molar-refractivity contribution in [1.82, 2.24) is 0 Å². The largest absolute Gasteiger partial charge is 0.248 e. The molecule has 0 bridgehead atoms. The average Bonchev–Trinajstić information content (AvgIpc) is 2.36. The lowest BCUT2D eigenvalue weighted by Crippen LogP contribution is -2.15. The number of alkyl halides is 4. The highest BCUT2D eigenvalue weighted by atomic mass is 32.2. The molecule has 0 aliphatic rings. The first-order valence-electron chi connectivity index (χ1n) is 7.71. The minimum Gasteiger partial charge on any atom is -0.211 e. The summed E-state index contributed by atoms with van der Waals surface area (Å²) in [7, 11) is 0. The van der Waals surface area contributed by atoms with Gasteiger partial charge in [0.2, 0.25) is 12.3 Å². The molecule has 0 N–H and O–H groups in total. The minimum atomic E-state index is -2.61. The highest BCUT2D eigenvalue weighted by molar-refractivity contribution is 7.99. The van der Waals surface area contributed by atoms with E-state index in [9.17, 15) is 17.6 Å². The Labute approximate surface area is 125 Å². The molecular formula is C15H28F4S. The van der Waals surface area contributed by atoms with E-state index < -0.39 is 12.3 Å². The Hall–Kier alpha value is 0.0700. The summed E-state index contributed by atoms with van der Waals surface area (Å²) in [6.45, 7) is 2.13. The third kappa shape index (κ3) is 14.5. The maximum absolute atomic E-state index is 13.5. The van der Waals surface area contributed by atoms with Gasteiger partial charge in [0.05, 0.1) is 0 Å². The van der Waals surface area contributed by atoms with Crippen LogP contribution in [0.15, 0.2) is 0 Å². The van der Waals surface area contributed by atoms with E-state index in [1.165, 1.54) is 0 Å². The van der Waals surface area contributed by atoms with Gasteiger partial charge in [0.15, 0.2) is 0 Å². The predicted octanol–water partition coefficient (Wildman–Crippen LogP) is 6.54. The average molecular weight is 316 g/mol. The Morgan fingerprint density at radius 2 is 1.45 bits per heavy atom. The van der Waals surface area contributed by atoms with Gasteiger partial charge in [-0.25, -0.2) is 17.6 Å². The zero-order chi connectivity index (χ0) is 15.3. The summed E-state index contributed by atoms with van der Waals surface area (Å²) in [6.07, 6.45) is 2.10. The second-order valence-corrected chi connectivity index (χ2v) is 6.49. The van der Waals surface area contributed by atoms with Crippen molar-refractivity contribution in [3.05, 3.63) is 0 Å². The van der Waals surface area contributed by atoms with E-state index in [1.54, 1.807) is 0 Å². The van der Waals surface area contributed by atoms with Crippen LogP contribution in [-0.2, 0) is 0 Å². The molecule has 0 fully saturated rings. The molecule has 0 saturated heterocycles. The molecule has 0 unspecified atom stereocenters. The Morgan fingerprint density at radius 3 is 2.00 bits per heavy atom. The lowest BCUT2D eigenvalue weighted by Gasteiger charge is -2.16. The van der Waals surface area contributed by atoms with Crippen molar-refractivity contribution < 1.29 is 17.6 Å². The number of hydrogen-bond acceptors (Lipinski definition) is 1.